The molecule has 0 aromatic carbocycles. The van der Waals surface area contributed by atoms with Crippen molar-refractivity contribution in [1.82, 2.24) is 0 Å². The Kier molecular flexibility index (Phi) is 7.93. The van der Waals surface area contributed by atoms with Crippen LogP contribution in [0.5, 0.6) is 0 Å². The lowest BCUT2D eigenvalue weighted by Gasteiger charge is -2.71. The molecule has 0 fully saturated rings. The molecule has 0 atom stereocenters. The molecule has 1 radical (unpaired) electrons. The van der Waals surface area contributed by atoms with Gasteiger partial charge in [0.25, 0.3) is 0 Å². The summed E-state index contributed by atoms with van der Waals surface area (Å²) >= 11 is 4.77. The summed E-state index contributed by atoms with van der Waals surface area (Å²) in [4.78, 5) is 0. The van der Waals surface area contributed by atoms with E-state index >= 15 is 0 Å². The number of hydrogen-bond acceptors (Lipinski definition) is 0. The fraction of sp³-hybridized carbons (Fsp3) is 1.00. The van der Waals surface area contributed by atoms with Gasteiger partial charge in [0, 0.05) is 0 Å². The van der Waals surface area contributed by atoms with Crippen LogP contribution in [-0.2, 0) is 0 Å². The first kappa shape index (κ1) is 29.1. The predicted molar refractivity (Wildman–Crippen MR) is 144 cm³/mol. The van der Waals surface area contributed by atoms with Gasteiger partial charge in [-0.15, -0.1) is 15.3 Å². The van der Waals surface area contributed by atoms with E-state index in [1.54, 1.807) is 0 Å². The minimum Gasteiger partial charge on any atom is -0.136 e. The Hall–Kier alpha value is 1.13. The zero-order chi connectivity index (χ0) is 23.6. The quantitative estimate of drug-likeness (QED) is 0.258. The highest BCUT2D eigenvalue weighted by molar-refractivity contribution is 9.28. The molecule has 0 aliphatic heterocycles. The molecule has 4 heteroatoms. The second kappa shape index (κ2) is 7.62. The van der Waals surface area contributed by atoms with E-state index in [1.807, 2.05) is 0 Å². The summed E-state index contributed by atoms with van der Waals surface area (Å²) in [7, 11) is -3.78. The first-order chi connectivity index (χ1) is 11.7. The molecular weight excluding hydrogens is 452 g/mol. The lowest BCUT2D eigenvalue weighted by Crippen LogP contribution is -2.80. The summed E-state index contributed by atoms with van der Waals surface area (Å²) in [5.74, 6) is 0. The van der Waals surface area contributed by atoms with E-state index in [4.69, 9.17) is 15.3 Å². The van der Waals surface area contributed by atoms with Crippen molar-refractivity contribution in [2.24, 2.45) is 0 Å². The summed E-state index contributed by atoms with van der Waals surface area (Å²) < 4.78 is 0. The van der Waals surface area contributed by atoms with Crippen molar-refractivity contribution in [2.45, 2.75) is 155 Å². The van der Waals surface area contributed by atoms with Crippen molar-refractivity contribution in [3.8, 4) is 0 Å². The van der Waals surface area contributed by atoms with Crippen molar-refractivity contribution in [3.63, 3.8) is 0 Å². The van der Waals surface area contributed by atoms with E-state index in [-0.39, 0.29) is 0 Å². The van der Waals surface area contributed by atoms with Crippen LogP contribution in [0.1, 0.15) is 125 Å². The Bertz CT molecular complexity index is 415. The average molecular weight is 507 g/mol. The molecule has 169 valence electrons. The summed E-state index contributed by atoms with van der Waals surface area (Å²) in [6, 6.07) is 0. The fourth-order valence-electron chi connectivity index (χ4n) is 9.01. The molecule has 0 aromatic heterocycles. The SMILES string of the molecule is CC(C)(C)[Si]([Si](Br)[Si](C(C)(C)C)(C(C)(C)C)C(C)(C)C)(C(C)(C)C)C(C)(C)C. The van der Waals surface area contributed by atoms with E-state index in [2.05, 4.69) is 125 Å². The van der Waals surface area contributed by atoms with Crippen molar-refractivity contribution in [3.05, 3.63) is 0 Å². The van der Waals surface area contributed by atoms with Crippen LogP contribution in [0.3, 0.4) is 0 Å². The standard InChI is InChI=1S/C24H54BrSi3/c1-19(2,3)27(20(4,5)6,21(7,8)9)26(25)28(22(10,11)12,23(13,14)15)24(16,17)18/h1-18H3. The fourth-order valence-corrected chi connectivity index (χ4v) is 98.0. The first-order valence-corrected chi connectivity index (χ1v) is 20.9. The van der Waals surface area contributed by atoms with Gasteiger partial charge in [0.05, 0.1) is 15.2 Å². The van der Waals surface area contributed by atoms with E-state index in [1.165, 1.54) is 0 Å². The van der Waals surface area contributed by atoms with Gasteiger partial charge in [-0.3, -0.25) is 0 Å². The maximum absolute atomic E-state index is 4.77. The summed E-state index contributed by atoms with van der Waals surface area (Å²) in [5.41, 5.74) is 0. The molecule has 0 unspecified atom stereocenters. The Labute approximate surface area is 191 Å². The highest BCUT2D eigenvalue weighted by Gasteiger charge is 2.74. The third-order valence-electron chi connectivity index (χ3n) is 7.41. The van der Waals surface area contributed by atoms with Crippen molar-refractivity contribution < 1.29 is 0 Å². The van der Waals surface area contributed by atoms with Gasteiger partial charge >= 0.3 is 0 Å². The molecule has 0 aliphatic rings. The molecule has 0 nitrogen and oxygen atoms in total. The lowest BCUT2D eigenvalue weighted by molar-refractivity contribution is 0.544. The highest BCUT2D eigenvalue weighted by Crippen LogP contribution is 2.72. The van der Waals surface area contributed by atoms with Gasteiger partial charge in [0.15, 0.2) is 0 Å². The van der Waals surface area contributed by atoms with E-state index in [9.17, 15) is 0 Å². The predicted octanol–water partition coefficient (Wildman–Crippen LogP) is 10.2. The second-order valence-corrected chi connectivity index (χ2v) is 43.7. The van der Waals surface area contributed by atoms with Crippen molar-refractivity contribution in [1.29, 1.82) is 0 Å². The van der Waals surface area contributed by atoms with Crippen LogP contribution in [0.25, 0.3) is 0 Å². The summed E-state index contributed by atoms with van der Waals surface area (Å²) in [5, 5.41) is 2.01. The van der Waals surface area contributed by atoms with Crippen LogP contribution in [0.15, 0.2) is 0 Å². The molecule has 0 rings (SSSR count). The minimum absolute atomic E-state index is 0.335. The van der Waals surface area contributed by atoms with Crippen LogP contribution >= 0.6 is 15.3 Å². The van der Waals surface area contributed by atoms with Gasteiger partial charge in [-0.05, 0) is 30.2 Å². The maximum atomic E-state index is 4.77. The second-order valence-electron chi connectivity index (χ2n) is 15.3. The molecule has 0 spiro atoms. The molecule has 0 aliphatic carbocycles. The van der Waals surface area contributed by atoms with E-state index in [0.717, 1.165) is 0 Å². The largest absolute Gasteiger partial charge is 0.136 e. The molecule has 0 heterocycles. The van der Waals surface area contributed by atoms with Crippen LogP contribution in [0.2, 0.25) is 30.2 Å². The van der Waals surface area contributed by atoms with Crippen LogP contribution in [-0.4, -0.2) is 21.6 Å². The Morgan fingerprint density at radius 3 is 0.536 bits per heavy atom. The zero-order valence-electron chi connectivity index (χ0n) is 22.9. The van der Waals surface area contributed by atoms with Crippen LogP contribution in [0.4, 0.5) is 0 Å². The van der Waals surface area contributed by atoms with Crippen LogP contribution in [0, 0.1) is 0 Å². The van der Waals surface area contributed by atoms with E-state index < -0.39 is 21.6 Å². The van der Waals surface area contributed by atoms with Gasteiger partial charge in [-0.1, -0.05) is 125 Å². The van der Waals surface area contributed by atoms with Crippen LogP contribution < -0.4 is 0 Å². The molecule has 0 bridgehead atoms. The van der Waals surface area contributed by atoms with Gasteiger partial charge in [-0.25, -0.2) is 0 Å². The maximum Gasteiger partial charge on any atom is 0.120 e. The monoisotopic (exact) mass is 505 g/mol. The lowest BCUT2D eigenvalue weighted by atomic mass is 10.2. The highest BCUT2D eigenvalue weighted by atomic mass is 79.9. The molecule has 0 amide bonds. The van der Waals surface area contributed by atoms with Crippen molar-refractivity contribution in [2.75, 3.05) is 0 Å². The first-order valence-electron chi connectivity index (χ1n) is 11.2. The van der Waals surface area contributed by atoms with Gasteiger partial charge in [0.2, 0.25) is 0 Å². The molecule has 0 N–H and O–H groups in total. The molecular formula is C24H54BrSi3. The zero-order valence-corrected chi connectivity index (χ0v) is 27.5. The summed E-state index contributed by atoms with van der Waals surface area (Å²) in [6.45, 7) is 45.6. The third-order valence-corrected chi connectivity index (χ3v) is 57.1. The summed E-state index contributed by atoms with van der Waals surface area (Å²) in [6.07, 6.45) is 0. The molecule has 0 saturated heterocycles. The normalized spacial score (nSPS) is 16.7. The average Bonchev–Trinajstić information content (AvgIpc) is 2.14. The Balaban J connectivity index is 7.83. The molecule has 28 heavy (non-hydrogen) atoms. The van der Waals surface area contributed by atoms with Gasteiger partial charge in [0.1, 0.15) is 6.45 Å². The van der Waals surface area contributed by atoms with Gasteiger partial charge in [-0.2, -0.15) is 0 Å². The molecule has 0 saturated carbocycles. The van der Waals surface area contributed by atoms with Crippen molar-refractivity contribution >= 4 is 36.9 Å². The number of rotatable bonds is 2. The number of halogens is 1. The number of hydrogen-bond donors (Lipinski definition) is 0. The smallest absolute Gasteiger partial charge is 0.120 e. The topological polar surface area (TPSA) is 0 Å². The molecule has 0 aromatic rings. The Morgan fingerprint density at radius 1 is 0.357 bits per heavy atom. The van der Waals surface area contributed by atoms with Gasteiger partial charge < -0.3 is 0 Å². The Morgan fingerprint density at radius 2 is 0.464 bits per heavy atom. The minimum atomic E-state index is -1.89. The van der Waals surface area contributed by atoms with E-state index in [0.29, 0.717) is 30.2 Å². The third kappa shape index (κ3) is 4.11.